The molecular formula is C56H45BN5OPt-3. The Kier molecular flexibility index (Phi) is 8.87. The summed E-state index contributed by atoms with van der Waals surface area (Å²) in [4.78, 5) is 11.1. The van der Waals surface area contributed by atoms with Crippen LogP contribution in [0.4, 0.5) is 17.1 Å². The van der Waals surface area contributed by atoms with Gasteiger partial charge < -0.3 is 23.9 Å². The van der Waals surface area contributed by atoms with Gasteiger partial charge in [-0.25, -0.2) is 4.98 Å². The topological polar surface area (TPSA) is 36.8 Å². The second-order valence-electron chi connectivity index (χ2n) is 17.0. The summed E-state index contributed by atoms with van der Waals surface area (Å²) in [6, 6.07) is 52.1. The number of nitrogens with zero attached hydrogens (tertiary/aromatic N) is 5. The van der Waals surface area contributed by atoms with Gasteiger partial charge in [-0.3, -0.25) is 0 Å². The molecule has 3 aliphatic heterocycles. The third-order valence-corrected chi connectivity index (χ3v) is 11.9. The van der Waals surface area contributed by atoms with Gasteiger partial charge in [0.1, 0.15) is 5.82 Å². The SMILES string of the molecule is [2H]C([2H])([2H])c1cc(C2=C(N3[CH-]N(c4[c-]c(Oc5[c-]c6c(cc5)c5ccccc5n6-c5cc(C(C)(C)C)ccn5)ccc4)c4ccccc43)C(c3ccccc3)=CN3C=CC=CB23)cc(C([2H])([2H])[2H])c1.[Pt]. The van der Waals surface area contributed by atoms with E-state index in [2.05, 4.69) is 88.6 Å². The summed E-state index contributed by atoms with van der Waals surface area (Å²) in [6.07, 6.45) is 9.86. The van der Waals surface area contributed by atoms with Crippen LogP contribution in [-0.2, 0) is 26.5 Å². The third kappa shape index (κ3) is 7.28. The van der Waals surface area contributed by atoms with E-state index in [1.807, 2.05) is 128 Å². The number of aryl methyl sites for hydroxylation is 2. The zero-order valence-electron chi connectivity index (χ0n) is 41.4. The van der Waals surface area contributed by atoms with Crippen molar-refractivity contribution in [1.29, 1.82) is 0 Å². The van der Waals surface area contributed by atoms with Crippen molar-refractivity contribution < 1.29 is 34.0 Å². The van der Waals surface area contributed by atoms with Gasteiger partial charge >= 0.3 is 6.85 Å². The summed E-state index contributed by atoms with van der Waals surface area (Å²) >= 11 is 0. The van der Waals surface area contributed by atoms with Crippen LogP contribution in [0.1, 0.15) is 56.8 Å². The fourth-order valence-corrected chi connectivity index (χ4v) is 8.97. The van der Waals surface area contributed by atoms with Crippen molar-refractivity contribution in [1.82, 2.24) is 14.4 Å². The largest absolute Gasteiger partial charge is 0.509 e. The van der Waals surface area contributed by atoms with Gasteiger partial charge in [0.25, 0.3) is 0 Å². The standard InChI is InChI=1S/C56H45BN5O.Pt/c1-38-30-39(2)32-41(31-38)54-55(48(40-16-7-6-8-17-40)36-59-29-14-13-27-57(54)59)61-37-60(50-22-11-12-23-51(50)61)43-18-15-19-44(34-43)63-45-24-25-47-46-20-9-10-21-49(46)62(52(47)35-45)53-33-42(26-28-58-53)56(3,4)5;/h6-33,36-37H,1-5H3;/q-3;/i1D3,2D3;. The number of ether oxygens (including phenoxy) is 1. The first kappa shape index (κ1) is 34.6. The summed E-state index contributed by atoms with van der Waals surface area (Å²) in [6.45, 7) is 3.08. The quantitative estimate of drug-likeness (QED) is 0.117. The first-order valence-corrected chi connectivity index (χ1v) is 21.1. The van der Waals surface area contributed by atoms with Crippen LogP contribution in [0.15, 0.2) is 182 Å². The molecule has 0 fully saturated rings. The van der Waals surface area contributed by atoms with Crippen LogP contribution in [0.2, 0.25) is 0 Å². The Morgan fingerprint density at radius 3 is 2.25 bits per heavy atom. The molecule has 2 aromatic heterocycles. The van der Waals surface area contributed by atoms with Gasteiger partial charge in [-0.2, -0.15) is 12.1 Å². The van der Waals surface area contributed by atoms with Crippen LogP contribution in [0, 0.1) is 32.5 Å². The average molecular weight is 1020 g/mol. The van der Waals surface area contributed by atoms with Gasteiger partial charge in [0.2, 0.25) is 0 Å². The Labute approximate surface area is 398 Å². The molecule has 0 aliphatic carbocycles. The van der Waals surface area contributed by atoms with Crippen molar-refractivity contribution in [3.8, 4) is 17.3 Å². The molecule has 0 saturated carbocycles. The molecule has 8 aromatic rings. The molecule has 11 rings (SSSR count). The monoisotopic (exact) mass is 1020 g/mol. The van der Waals surface area contributed by atoms with Crippen molar-refractivity contribution in [2.45, 2.75) is 39.9 Å². The zero-order valence-corrected chi connectivity index (χ0v) is 37.6. The number of hydrogen-bond donors (Lipinski definition) is 0. The number of benzene rings is 6. The van der Waals surface area contributed by atoms with Crippen molar-refractivity contribution in [3.05, 3.63) is 229 Å². The second-order valence-corrected chi connectivity index (χ2v) is 17.0. The van der Waals surface area contributed by atoms with Crippen molar-refractivity contribution in [3.63, 3.8) is 0 Å². The number of hydrogen-bond acceptors (Lipinski definition) is 5. The number of para-hydroxylation sites is 3. The molecule has 3 aliphatic rings. The summed E-state index contributed by atoms with van der Waals surface area (Å²) in [7, 11) is 0. The molecule has 5 heterocycles. The van der Waals surface area contributed by atoms with Crippen LogP contribution in [0.3, 0.4) is 0 Å². The smallest absolute Gasteiger partial charge is 0.322 e. The number of aromatic nitrogens is 2. The average Bonchev–Trinajstić information content (AvgIpc) is 3.89. The number of rotatable bonds is 7. The van der Waals surface area contributed by atoms with Crippen molar-refractivity contribution >= 4 is 56.8 Å². The molecule has 6 nitrogen and oxygen atoms in total. The van der Waals surface area contributed by atoms with Crippen LogP contribution < -0.4 is 14.5 Å². The molecule has 0 radical (unpaired) electrons. The normalized spacial score (nSPS) is 16.3. The number of anilines is 3. The van der Waals surface area contributed by atoms with Gasteiger partial charge in [0.05, 0.1) is 0 Å². The van der Waals surface area contributed by atoms with Crippen LogP contribution in [0.25, 0.3) is 38.7 Å². The minimum absolute atomic E-state index is 0. The van der Waals surface area contributed by atoms with E-state index in [1.54, 1.807) is 12.1 Å². The molecule has 0 amide bonds. The first-order valence-electron chi connectivity index (χ1n) is 24.1. The molecular weight excluding hydrogens is 965 g/mol. The molecule has 0 spiro atoms. The molecule has 8 heteroatoms. The molecule has 0 N–H and O–H groups in total. The summed E-state index contributed by atoms with van der Waals surface area (Å²) in [5, 5.41) is 2.12. The van der Waals surface area contributed by atoms with Gasteiger partial charge in [0, 0.05) is 81.3 Å². The van der Waals surface area contributed by atoms with E-state index in [-0.39, 0.29) is 37.6 Å². The van der Waals surface area contributed by atoms with Gasteiger partial charge in [0.15, 0.2) is 0 Å². The molecule has 0 atom stereocenters. The molecule has 6 aromatic carbocycles. The Morgan fingerprint density at radius 2 is 1.45 bits per heavy atom. The van der Waals surface area contributed by atoms with E-state index < -0.39 is 20.6 Å². The number of fused-ring (bicyclic) bond motifs is 5. The zero-order chi connectivity index (χ0) is 47.8. The number of allylic oxidation sites excluding steroid dienone is 3. The molecule has 64 heavy (non-hydrogen) atoms. The van der Waals surface area contributed by atoms with Crippen LogP contribution >= 0.6 is 0 Å². The molecule has 0 unspecified atom stereocenters. The first-order chi connectivity index (χ1) is 33.1. The summed E-state index contributed by atoms with van der Waals surface area (Å²) < 4.78 is 59.4. The fourth-order valence-electron chi connectivity index (χ4n) is 8.97. The maximum Gasteiger partial charge on any atom is 0.322 e. The minimum atomic E-state index is -2.56. The van der Waals surface area contributed by atoms with Gasteiger partial charge in [-0.05, 0) is 89.3 Å². The fraction of sp³-hybridized carbons (Fsp3) is 0.107. The Hall–Kier alpha value is -6.82. The van der Waals surface area contributed by atoms with Crippen LogP contribution in [-0.4, -0.2) is 21.2 Å². The predicted octanol–water partition coefficient (Wildman–Crippen LogP) is 13.5. The van der Waals surface area contributed by atoms with E-state index in [4.69, 9.17) is 17.9 Å². The van der Waals surface area contributed by atoms with E-state index in [9.17, 15) is 0 Å². The van der Waals surface area contributed by atoms with Crippen molar-refractivity contribution in [2.75, 3.05) is 9.80 Å². The van der Waals surface area contributed by atoms with Crippen LogP contribution in [0.5, 0.6) is 11.5 Å². The van der Waals surface area contributed by atoms with E-state index in [0.717, 1.165) is 61.3 Å². The maximum atomic E-state index is 8.44. The summed E-state index contributed by atoms with van der Waals surface area (Å²) in [5.41, 5.74) is 9.11. The third-order valence-electron chi connectivity index (χ3n) is 11.9. The van der Waals surface area contributed by atoms with Crippen molar-refractivity contribution in [2.24, 2.45) is 0 Å². The van der Waals surface area contributed by atoms with E-state index >= 15 is 0 Å². The Bertz CT molecular complexity index is 3430. The molecule has 316 valence electrons. The van der Waals surface area contributed by atoms with E-state index in [1.165, 1.54) is 11.6 Å². The summed E-state index contributed by atoms with van der Waals surface area (Å²) in [5.74, 6) is 3.85. The van der Waals surface area contributed by atoms with Gasteiger partial charge in [-0.1, -0.05) is 128 Å². The van der Waals surface area contributed by atoms with E-state index in [0.29, 0.717) is 22.7 Å². The maximum absolute atomic E-state index is 8.44. The second kappa shape index (κ2) is 16.4. The van der Waals surface area contributed by atoms with Gasteiger partial charge in [-0.15, -0.1) is 48.1 Å². The Morgan fingerprint density at radius 1 is 0.703 bits per heavy atom. The predicted molar refractivity (Wildman–Crippen MR) is 260 cm³/mol. The Balaban J connectivity index is 0.00000567. The number of pyridine rings is 1. The molecule has 0 bridgehead atoms. The minimum Gasteiger partial charge on any atom is -0.509 e. The molecule has 0 saturated heterocycles.